The predicted molar refractivity (Wildman–Crippen MR) is 68.4 cm³/mol. The summed E-state index contributed by atoms with van der Waals surface area (Å²) in [4.78, 5) is 20.2. The normalized spacial score (nSPS) is 10.5. The molecule has 0 fully saturated rings. The highest BCUT2D eigenvalue weighted by Crippen LogP contribution is 2.19. The molecule has 2 aromatic heterocycles. The minimum absolute atomic E-state index is 0.216. The Hall–Kier alpha value is -1.75. The first-order chi connectivity index (χ1) is 8.16. The van der Waals surface area contributed by atoms with E-state index in [-0.39, 0.29) is 5.91 Å². The lowest BCUT2D eigenvalue weighted by molar-refractivity contribution is 0.102. The summed E-state index contributed by atoms with van der Waals surface area (Å²) in [7, 11) is 0. The second-order valence-corrected chi connectivity index (χ2v) is 4.78. The number of hydrogen-bond donors (Lipinski definition) is 1. The molecule has 0 aliphatic heterocycles. The standard InChI is InChI=1S/C12H13N3OS/c1-8(2)12-14-9(7-17-12)11(16)15-10-5-3-4-6-13-10/h3-8H,1-2H3,(H,13,15,16). The zero-order chi connectivity index (χ0) is 12.3. The van der Waals surface area contributed by atoms with Gasteiger partial charge in [0.1, 0.15) is 11.5 Å². The lowest BCUT2D eigenvalue weighted by Gasteiger charge is -2.01. The number of carbonyl (C=O) groups excluding carboxylic acids is 1. The summed E-state index contributed by atoms with van der Waals surface area (Å²) in [6, 6.07) is 5.37. The van der Waals surface area contributed by atoms with Crippen LogP contribution in [0.25, 0.3) is 0 Å². The number of nitrogens with zero attached hydrogens (tertiary/aromatic N) is 2. The number of pyridine rings is 1. The van der Waals surface area contributed by atoms with E-state index in [4.69, 9.17) is 0 Å². The summed E-state index contributed by atoms with van der Waals surface area (Å²) < 4.78 is 0. The van der Waals surface area contributed by atoms with Gasteiger partial charge >= 0.3 is 0 Å². The Balaban J connectivity index is 2.10. The zero-order valence-electron chi connectivity index (χ0n) is 9.68. The summed E-state index contributed by atoms with van der Waals surface area (Å²) in [5, 5.41) is 5.44. The Morgan fingerprint density at radius 1 is 1.41 bits per heavy atom. The highest BCUT2D eigenvalue weighted by Gasteiger charge is 2.12. The van der Waals surface area contributed by atoms with Crippen molar-refractivity contribution in [3.63, 3.8) is 0 Å². The number of thiazole rings is 1. The van der Waals surface area contributed by atoms with Crippen LogP contribution < -0.4 is 5.32 Å². The van der Waals surface area contributed by atoms with Gasteiger partial charge in [0.05, 0.1) is 5.01 Å². The van der Waals surface area contributed by atoms with Crippen LogP contribution in [0, 0.1) is 0 Å². The van der Waals surface area contributed by atoms with Crippen LogP contribution in [0.15, 0.2) is 29.8 Å². The summed E-state index contributed by atoms with van der Waals surface area (Å²) in [6.07, 6.45) is 1.64. The van der Waals surface area contributed by atoms with E-state index in [2.05, 4.69) is 29.1 Å². The maximum Gasteiger partial charge on any atom is 0.276 e. The summed E-state index contributed by atoms with van der Waals surface area (Å²) in [5.41, 5.74) is 0.448. The van der Waals surface area contributed by atoms with Crippen molar-refractivity contribution in [3.8, 4) is 0 Å². The Morgan fingerprint density at radius 2 is 2.24 bits per heavy atom. The number of nitrogens with one attached hydrogen (secondary N) is 1. The number of rotatable bonds is 3. The first kappa shape index (κ1) is 11.7. The molecule has 17 heavy (non-hydrogen) atoms. The largest absolute Gasteiger partial charge is 0.305 e. The molecule has 1 amide bonds. The molecule has 2 heterocycles. The lowest BCUT2D eigenvalue weighted by atomic mass is 10.2. The molecule has 2 aromatic rings. The van der Waals surface area contributed by atoms with E-state index >= 15 is 0 Å². The predicted octanol–water partition coefficient (Wildman–Crippen LogP) is 2.91. The van der Waals surface area contributed by atoms with Gasteiger partial charge in [-0.1, -0.05) is 19.9 Å². The minimum atomic E-state index is -0.216. The van der Waals surface area contributed by atoms with Crippen LogP contribution in [0.3, 0.4) is 0 Å². The lowest BCUT2D eigenvalue weighted by Crippen LogP contribution is -2.13. The van der Waals surface area contributed by atoms with Gasteiger partial charge in [-0.15, -0.1) is 11.3 Å². The van der Waals surface area contributed by atoms with E-state index < -0.39 is 0 Å². The van der Waals surface area contributed by atoms with E-state index in [1.807, 2.05) is 6.07 Å². The molecule has 2 rings (SSSR count). The van der Waals surface area contributed by atoms with E-state index in [9.17, 15) is 4.79 Å². The third kappa shape index (κ3) is 2.88. The number of anilines is 1. The van der Waals surface area contributed by atoms with E-state index in [1.165, 1.54) is 11.3 Å². The molecule has 0 atom stereocenters. The summed E-state index contributed by atoms with van der Waals surface area (Å²) in [5.74, 6) is 0.667. The molecule has 0 radical (unpaired) electrons. The van der Waals surface area contributed by atoms with Crippen molar-refractivity contribution >= 4 is 23.1 Å². The van der Waals surface area contributed by atoms with E-state index in [1.54, 1.807) is 23.7 Å². The smallest absolute Gasteiger partial charge is 0.276 e. The molecule has 0 aliphatic rings. The van der Waals surface area contributed by atoms with Crippen LogP contribution in [0.1, 0.15) is 35.3 Å². The average Bonchev–Trinajstić information content (AvgIpc) is 2.79. The Morgan fingerprint density at radius 3 is 2.82 bits per heavy atom. The van der Waals surface area contributed by atoms with Gasteiger partial charge in [0, 0.05) is 17.5 Å². The number of amides is 1. The second-order valence-electron chi connectivity index (χ2n) is 3.89. The summed E-state index contributed by atoms with van der Waals surface area (Å²) >= 11 is 1.50. The van der Waals surface area contributed by atoms with Crippen molar-refractivity contribution in [1.29, 1.82) is 0 Å². The van der Waals surface area contributed by atoms with Crippen LogP contribution in [0.2, 0.25) is 0 Å². The Kier molecular flexibility index (Phi) is 3.49. The van der Waals surface area contributed by atoms with Crippen LogP contribution >= 0.6 is 11.3 Å². The maximum atomic E-state index is 11.8. The molecule has 1 N–H and O–H groups in total. The fraction of sp³-hybridized carbons (Fsp3) is 0.250. The molecule has 0 saturated carbocycles. The van der Waals surface area contributed by atoms with Gasteiger partial charge in [-0.2, -0.15) is 0 Å². The van der Waals surface area contributed by atoms with Gasteiger partial charge in [0.2, 0.25) is 0 Å². The van der Waals surface area contributed by atoms with E-state index in [0.29, 0.717) is 17.4 Å². The van der Waals surface area contributed by atoms with E-state index in [0.717, 1.165) is 5.01 Å². The molecule has 0 saturated heterocycles. The highest BCUT2D eigenvalue weighted by molar-refractivity contribution is 7.09. The van der Waals surface area contributed by atoms with Crippen molar-refractivity contribution in [3.05, 3.63) is 40.5 Å². The van der Waals surface area contributed by atoms with Crippen LogP contribution in [0.5, 0.6) is 0 Å². The second kappa shape index (κ2) is 5.05. The van der Waals surface area contributed by atoms with Crippen LogP contribution in [0.4, 0.5) is 5.82 Å². The molecule has 0 aliphatic carbocycles. The number of hydrogen-bond acceptors (Lipinski definition) is 4. The monoisotopic (exact) mass is 247 g/mol. The van der Waals surface area contributed by atoms with Gasteiger partial charge in [-0.25, -0.2) is 9.97 Å². The molecule has 0 spiro atoms. The summed E-state index contributed by atoms with van der Waals surface area (Å²) in [6.45, 7) is 4.11. The number of carbonyl (C=O) groups is 1. The molecule has 0 bridgehead atoms. The molecule has 88 valence electrons. The van der Waals surface area contributed by atoms with Crippen molar-refractivity contribution in [1.82, 2.24) is 9.97 Å². The van der Waals surface area contributed by atoms with Crippen molar-refractivity contribution in [2.24, 2.45) is 0 Å². The molecule has 5 heteroatoms. The average molecular weight is 247 g/mol. The molecular formula is C12H13N3OS. The molecular weight excluding hydrogens is 234 g/mol. The highest BCUT2D eigenvalue weighted by atomic mass is 32.1. The van der Waals surface area contributed by atoms with Gasteiger partial charge in [-0.3, -0.25) is 4.79 Å². The van der Waals surface area contributed by atoms with Crippen molar-refractivity contribution in [2.75, 3.05) is 5.32 Å². The quantitative estimate of drug-likeness (QED) is 0.907. The molecule has 0 aromatic carbocycles. The topological polar surface area (TPSA) is 54.9 Å². The molecule has 4 nitrogen and oxygen atoms in total. The fourth-order valence-electron chi connectivity index (χ4n) is 1.27. The van der Waals surface area contributed by atoms with Gasteiger partial charge in [-0.05, 0) is 12.1 Å². The fourth-order valence-corrected chi connectivity index (χ4v) is 2.09. The Bertz CT molecular complexity index is 507. The Labute approximate surface area is 104 Å². The number of aromatic nitrogens is 2. The molecule has 0 unspecified atom stereocenters. The first-order valence-corrected chi connectivity index (χ1v) is 6.22. The van der Waals surface area contributed by atoms with Crippen LogP contribution in [-0.2, 0) is 0 Å². The van der Waals surface area contributed by atoms with Gasteiger partial charge in [0.15, 0.2) is 0 Å². The zero-order valence-corrected chi connectivity index (χ0v) is 10.5. The van der Waals surface area contributed by atoms with Crippen molar-refractivity contribution in [2.45, 2.75) is 19.8 Å². The SMILES string of the molecule is CC(C)c1nc(C(=O)Nc2ccccn2)cs1. The third-order valence-corrected chi connectivity index (χ3v) is 3.30. The van der Waals surface area contributed by atoms with Crippen molar-refractivity contribution < 1.29 is 4.79 Å². The van der Waals surface area contributed by atoms with Gasteiger partial charge in [0.25, 0.3) is 5.91 Å². The minimum Gasteiger partial charge on any atom is -0.305 e. The van der Waals surface area contributed by atoms with Gasteiger partial charge < -0.3 is 5.32 Å². The first-order valence-electron chi connectivity index (χ1n) is 5.34. The van der Waals surface area contributed by atoms with Crippen LogP contribution in [-0.4, -0.2) is 15.9 Å². The maximum absolute atomic E-state index is 11.8. The third-order valence-electron chi connectivity index (χ3n) is 2.15.